The van der Waals surface area contributed by atoms with E-state index in [1.165, 1.54) is 94.6 Å². The monoisotopic (exact) mass is 960 g/mol. The van der Waals surface area contributed by atoms with Crippen molar-refractivity contribution in [1.82, 2.24) is 0 Å². The van der Waals surface area contributed by atoms with Crippen molar-refractivity contribution in [2.24, 2.45) is 0 Å². The van der Waals surface area contributed by atoms with E-state index in [2.05, 4.69) is 280 Å². The predicted molar refractivity (Wildman–Crippen MR) is 313 cm³/mol. The lowest BCUT2D eigenvalue weighted by Crippen LogP contribution is -2.25. The summed E-state index contributed by atoms with van der Waals surface area (Å²) in [5.41, 5.74) is 30.0. The molecular weight excluding hydrogens is 905 g/mol. The van der Waals surface area contributed by atoms with Crippen molar-refractivity contribution >= 4 is 39.7 Å². The third kappa shape index (κ3) is 6.14. The molecule has 1 spiro atoms. The van der Waals surface area contributed by atoms with Gasteiger partial charge in [-0.2, -0.15) is 0 Å². The average molecular weight is 961 g/mol. The van der Waals surface area contributed by atoms with Gasteiger partial charge in [0.1, 0.15) is 0 Å². The van der Waals surface area contributed by atoms with E-state index in [9.17, 15) is 0 Å². The lowest BCUT2D eigenvalue weighted by Gasteiger charge is -2.33. The molecule has 2 heteroatoms. The Bertz CT molecular complexity index is 4010. The molecule has 0 unspecified atom stereocenters. The van der Waals surface area contributed by atoms with Gasteiger partial charge in [-0.15, -0.1) is 0 Å². The van der Waals surface area contributed by atoms with E-state index in [4.69, 9.17) is 0 Å². The Kier molecular flexibility index (Phi) is 9.43. The normalized spacial score (nSPS) is 15.8. The van der Waals surface area contributed by atoms with E-state index in [1.807, 2.05) is 0 Å². The summed E-state index contributed by atoms with van der Waals surface area (Å²) >= 11 is 0. The molecule has 2 nitrogen and oxygen atoms in total. The highest BCUT2D eigenvalue weighted by atomic mass is 15.2. The van der Waals surface area contributed by atoms with Gasteiger partial charge < -0.3 is 9.80 Å². The van der Waals surface area contributed by atoms with Crippen molar-refractivity contribution in [1.29, 1.82) is 0 Å². The van der Waals surface area contributed by atoms with E-state index in [1.54, 1.807) is 0 Å². The van der Waals surface area contributed by atoms with Crippen LogP contribution in [0.15, 0.2) is 248 Å². The predicted octanol–water partition coefficient (Wildman–Crippen LogP) is 19.3. The first-order valence-corrected chi connectivity index (χ1v) is 26.8. The maximum absolute atomic E-state index is 2.55. The average Bonchev–Trinajstić information content (AvgIpc) is 4.20. The molecule has 5 aliphatic carbocycles. The topological polar surface area (TPSA) is 6.48 Å². The fraction of sp³-hybridized carbons (Fsp3) is 0.123. The van der Waals surface area contributed by atoms with Crippen LogP contribution in [-0.4, -0.2) is 0 Å². The number of hydrogen-bond acceptors (Lipinski definition) is 2. The zero-order valence-corrected chi connectivity index (χ0v) is 42.9. The fourth-order valence-electron chi connectivity index (χ4n) is 14.3. The second-order valence-corrected chi connectivity index (χ2v) is 22.3. The fourth-order valence-corrected chi connectivity index (χ4v) is 14.3. The molecule has 0 aliphatic heterocycles. The van der Waals surface area contributed by atoms with E-state index >= 15 is 0 Å². The molecule has 0 bridgehead atoms. The number of rotatable bonds is 7. The number of para-hydroxylation sites is 2. The molecule has 0 heterocycles. The Balaban J connectivity index is 0.991. The van der Waals surface area contributed by atoms with Crippen LogP contribution < -0.4 is 9.80 Å². The highest BCUT2D eigenvalue weighted by Gasteiger charge is 2.51. The van der Waals surface area contributed by atoms with Gasteiger partial charge >= 0.3 is 0 Å². The molecule has 10 aromatic rings. The van der Waals surface area contributed by atoms with Crippen LogP contribution in [-0.2, 0) is 16.2 Å². The van der Waals surface area contributed by atoms with Gasteiger partial charge in [0.05, 0.1) is 11.1 Å². The van der Waals surface area contributed by atoms with Gasteiger partial charge in [0.15, 0.2) is 0 Å². The number of benzene rings is 10. The van der Waals surface area contributed by atoms with E-state index in [-0.39, 0.29) is 10.8 Å². The maximum atomic E-state index is 2.55. The van der Waals surface area contributed by atoms with Crippen molar-refractivity contribution in [3.05, 3.63) is 293 Å². The number of fused-ring (bicyclic) bond motifs is 15. The quantitative estimate of drug-likeness (QED) is 0.157. The smallest absolute Gasteiger partial charge is 0.0725 e. The molecule has 0 radical (unpaired) electrons. The second-order valence-electron chi connectivity index (χ2n) is 22.3. The lowest BCUT2D eigenvalue weighted by atomic mass is 9.70. The van der Waals surface area contributed by atoms with E-state index in [0.29, 0.717) is 0 Å². The number of hydrogen-bond donors (Lipinski definition) is 0. The van der Waals surface area contributed by atoms with Crippen LogP contribution >= 0.6 is 0 Å². The molecule has 10 aromatic carbocycles. The minimum absolute atomic E-state index is 0.105. The Morgan fingerprint density at radius 1 is 0.320 bits per heavy atom. The molecule has 0 fully saturated rings. The molecular formula is C73H56N2. The standard InChI is InChI=1S/C73H56N2/c1-71(2)62-30-16-11-25-53(62)58-40-36-51(45-67(58)71)74(48-21-7-5-8-22-48)50-38-42-70(75(49-23-9-6-10-24-49)52-37-41-59-54-26-12-17-31-63(54)72(3,4)68(59)46-52)61(44-50)47-35-39-60-57-29-15-20-34-66(57)73(69(60)43-47)64-32-18-13-27-55(64)56-28-14-19-33-65(56)73/h5-10,12-24,26-46H,11,25H2,1-4H3. The summed E-state index contributed by atoms with van der Waals surface area (Å²) in [5, 5.41) is 0. The molecule has 0 saturated heterocycles. The first-order valence-electron chi connectivity index (χ1n) is 26.8. The Labute approximate surface area is 441 Å². The summed E-state index contributed by atoms with van der Waals surface area (Å²) in [7, 11) is 0. The molecule has 0 aromatic heterocycles. The highest BCUT2D eigenvalue weighted by molar-refractivity contribution is 5.99. The van der Waals surface area contributed by atoms with Gasteiger partial charge in [-0.05, 0) is 180 Å². The van der Waals surface area contributed by atoms with Crippen molar-refractivity contribution < 1.29 is 0 Å². The molecule has 0 amide bonds. The third-order valence-electron chi connectivity index (χ3n) is 17.7. The van der Waals surface area contributed by atoms with Gasteiger partial charge in [0.25, 0.3) is 0 Å². The SMILES string of the molecule is CC1(C)C2=C(CCC=C2)c2ccc(N(c3ccccc3)c3ccc(N(c4ccccc4)c4ccc5c(c4)C(C)(C)c4ccccc4-5)c(-c4ccc5c(c4)C4(c6ccccc6-c6ccccc64)c4ccccc4-5)c3)cc21. The minimum atomic E-state index is -0.484. The molecule has 0 saturated carbocycles. The largest absolute Gasteiger partial charge is 0.310 e. The van der Waals surface area contributed by atoms with Crippen LogP contribution in [0.3, 0.4) is 0 Å². The van der Waals surface area contributed by atoms with Crippen LogP contribution in [0.4, 0.5) is 34.1 Å². The number of nitrogens with zero attached hydrogens (tertiary/aromatic N) is 2. The van der Waals surface area contributed by atoms with Crippen LogP contribution in [0, 0.1) is 0 Å². The van der Waals surface area contributed by atoms with Gasteiger partial charge in [-0.3, -0.25) is 0 Å². The van der Waals surface area contributed by atoms with Crippen molar-refractivity contribution in [2.45, 2.75) is 56.8 Å². The first-order chi connectivity index (χ1) is 36.7. The van der Waals surface area contributed by atoms with Gasteiger partial charge in [-0.25, -0.2) is 0 Å². The summed E-state index contributed by atoms with van der Waals surface area (Å²) in [4.78, 5) is 4.98. The lowest BCUT2D eigenvalue weighted by molar-refractivity contribution is 0.651. The molecule has 5 aliphatic rings. The second kappa shape index (κ2) is 16.1. The van der Waals surface area contributed by atoms with Gasteiger partial charge in [-0.1, -0.05) is 198 Å². The van der Waals surface area contributed by atoms with Crippen molar-refractivity contribution in [3.8, 4) is 44.5 Å². The van der Waals surface area contributed by atoms with Gasteiger partial charge in [0, 0.05) is 44.8 Å². The van der Waals surface area contributed by atoms with Crippen molar-refractivity contribution in [2.75, 3.05) is 9.80 Å². The zero-order chi connectivity index (χ0) is 50.2. The first kappa shape index (κ1) is 43.8. The minimum Gasteiger partial charge on any atom is -0.310 e. The Morgan fingerprint density at radius 3 is 1.40 bits per heavy atom. The molecule has 0 N–H and O–H groups in total. The number of allylic oxidation sites excluding steroid dienone is 4. The van der Waals surface area contributed by atoms with Crippen LogP contribution in [0.25, 0.3) is 50.1 Å². The third-order valence-corrected chi connectivity index (χ3v) is 17.7. The van der Waals surface area contributed by atoms with E-state index in [0.717, 1.165) is 52.5 Å². The van der Waals surface area contributed by atoms with Crippen LogP contribution in [0.2, 0.25) is 0 Å². The molecule has 15 rings (SSSR count). The van der Waals surface area contributed by atoms with Gasteiger partial charge in [0.2, 0.25) is 0 Å². The van der Waals surface area contributed by atoms with E-state index < -0.39 is 5.41 Å². The maximum Gasteiger partial charge on any atom is 0.0725 e. The van der Waals surface area contributed by atoms with Crippen molar-refractivity contribution in [3.63, 3.8) is 0 Å². The summed E-state index contributed by atoms with van der Waals surface area (Å²) < 4.78 is 0. The van der Waals surface area contributed by atoms with Crippen LogP contribution in [0.5, 0.6) is 0 Å². The summed E-state index contributed by atoms with van der Waals surface area (Å²) in [5.74, 6) is 0. The highest BCUT2D eigenvalue weighted by Crippen LogP contribution is 2.64. The summed E-state index contributed by atoms with van der Waals surface area (Å²) in [6.07, 6.45) is 6.93. The molecule has 0 atom stereocenters. The zero-order valence-electron chi connectivity index (χ0n) is 42.9. The van der Waals surface area contributed by atoms with Crippen LogP contribution in [0.1, 0.15) is 85.0 Å². The molecule has 75 heavy (non-hydrogen) atoms. The summed E-state index contributed by atoms with van der Waals surface area (Å²) in [6, 6.07) is 87.3. The Hall–Kier alpha value is -8.72. The molecule has 358 valence electrons. The Morgan fingerprint density at radius 2 is 0.773 bits per heavy atom. The number of anilines is 6. The summed E-state index contributed by atoms with van der Waals surface area (Å²) in [6.45, 7) is 9.58.